The SMILES string of the molecule is C=c1cccc/c1=C/C(C)=C\N. The van der Waals surface area contributed by atoms with Gasteiger partial charge in [0.1, 0.15) is 0 Å². The highest BCUT2D eigenvalue weighted by atomic mass is 14.5. The highest BCUT2D eigenvalue weighted by Gasteiger charge is 1.81. The van der Waals surface area contributed by atoms with Gasteiger partial charge in [0, 0.05) is 0 Å². The minimum atomic E-state index is 1.03. The van der Waals surface area contributed by atoms with Crippen molar-refractivity contribution >= 4 is 12.7 Å². The van der Waals surface area contributed by atoms with Gasteiger partial charge in [0.05, 0.1) is 0 Å². The first-order valence-corrected chi connectivity index (χ1v) is 3.88. The molecule has 0 aromatic heterocycles. The van der Waals surface area contributed by atoms with Crippen molar-refractivity contribution in [1.82, 2.24) is 0 Å². The maximum atomic E-state index is 5.36. The van der Waals surface area contributed by atoms with Crippen molar-refractivity contribution in [3.05, 3.63) is 46.5 Å². The van der Waals surface area contributed by atoms with Crippen molar-refractivity contribution < 1.29 is 0 Å². The van der Waals surface area contributed by atoms with Crippen molar-refractivity contribution in [2.45, 2.75) is 6.92 Å². The summed E-state index contributed by atoms with van der Waals surface area (Å²) in [6.07, 6.45) is 3.61. The van der Waals surface area contributed by atoms with E-state index in [0.717, 1.165) is 16.0 Å². The average Bonchev–Trinajstić information content (AvgIpc) is 2.09. The third-order valence-electron chi connectivity index (χ3n) is 1.70. The van der Waals surface area contributed by atoms with Gasteiger partial charge >= 0.3 is 0 Å². The molecule has 1 nitrogen and oxygen atoms in total. The van der Waals surface area contributed by atoms with Gasteiger partial charge in [-0.1, -0.05) is 36.9 Å². The van der Waals surface area contributed by atoms with Gasteiger partial charge in [0.15, 0.2) is 0 Å². The summed E-state index contributed by atoms with van der Waals surface area (Å²) < 4.78 is 0. The van der Waals surface area contributed by atoms with Gasteiger partial charge in [-0.05, 0) is 29.1 Å². The molecule has 1 heteroatoms. The fourth-order valence-corrected chi connectivity index (χ4v) is 0.968. The smallest absolute Gasteiger partial charge is 0.00323 e. The highest BCUT2D eigenvalue weighted by molar-refractivity contribution is 5.44. The molecule has 1 aromatic rings. The molecular formula is C11H13N. The van der Waals surface area contributed by atoms with Gasteiger partial charge in [-0.25, -0.2) is 0 Å². The van der Waals surface area contributed by atoms with Gasteiger partial charge in [-0.3, -0.25) is 0 Å². The molecule has 0 aliphatic carbocycles. The summed E-state index contributed by atoms with van der Waals surface area (Å²) in [5.41, 5.74) is 6.40. The number of hydrogen-bond acceptors (Lipinski definition) is 1. The Morgan fingerprint density at radius 2 is 2.08 bits per heavy atom. The minimum absolute atomic E-state index is 1.03. The minimum Gasteiger partial charge on any atom is -0.404 e. The normalized spacial score (nSPS) is 13.4. The van der Waals surface area contributed by atoms with E-state index in [9.17, 15) is 0 Å². The first-order chi connectivity index (χ1) is 5.74. The monoisotopic (exact) mass is 159 g/mol. The molecule has 0 bridgehead atoms. The summed E-state index contributed by atoms with van der Waals surface area (Å²) in [5.74, 6) is 0. The topological polar surface area (TPSA) is 26.0 Å². The first kappa shape index (κ1) is 8.60. The number of nitrogens with two attached hydrogens (primary N) is 1. The molecule has 0 heterocycles. The molecule has 0 atom stereocenters. The Labute approximate surface area is 72.5 Å². The van der Waals surface area contributed by atoms with Crippen molar-refractivity contribution in [2.24, 2.45) is 5.73 Å². The third kappa shape index (κ3) is 1.99. The van der Waals surface area contributed by atoms with E-state index in [0.29, 0.717) is 0 Å². The number of allylic oxidation sites excluding steroid dienone is 1. The number of benzene rings is 1. The van der Waals surface area contributed by atoms with Crippen LogP contribution in [0.15, 0.2) is 36.0 Å². The van der Waals surface area contributed by atoms with Crippen LogP contribution in [0.3, 0.4) is 0 Å². The second-order valence-electron chi connectivity index (χ2n) is 2.75. The molecular weight excluding hydrogens is 146 g/mol. The van der Waals surface area contributed by atoms with E-state index in [1.807, 2.05) is 37.3 Å². The van der Waals surface area contributed by atoms with E-state index in [1.165, 1.54) is 0 Å². The molecule has 1 aromatic carbocycles. The molecule has 0 aliphatic rings. The molecule has 2 N–H and O–H groups in total. The van der Waals surface area contributed by atoms with Crippen LogP contribution in [0.5, 0.6) is 0 Å². The second-order valence-corrected chi connectivity index (χ2v) is 2.75. The van der Waals surface area contributed by atoms with Crippen LogP contribution in [0.1, 0.15) is 6.92 Å². The lowest BCUT2D eigenvalue weighted by Gasteiger charge is -1.89. The fraction of sp³-hybridized carbons (Fsp3) is 0.0909. The van der Waals surface area contributed by atoms with E-state index in [4.69, 9.17) is 5.73 Å². The van der Waals surface area contributed by atoms with Crippen LogP contribution in [0.2, 0.25) is 0 Å². The second kappa shape index (κ2) is 3.77. The molecule has 62 valence electrons. The molecule has 0 spiro atoms. The van der Waals surface area contributed by atoms with Crippen molar-refractivity contribution in [3.63, 3.8) is 0 Å². The van der Waals surface area contributed by atoms with E-state index in [2.05, 4.69) is 6.58 Å². The third-order valence-corrected chi connectivity index (χ3v) is 1.70. The lowest BCUT2D eigenvalue weighted by atomic mass is 10.2. The summed E-state index contributed by atoms with van der Waals surface area (Å²) >= 11 is 0. The Morgan fingerprint density at radius 3 is 2.67 bits per heavy atom. The summed E-state index contributed by atoms with van der Waals surface area (Å²) in [6.45, 7) is 5.87. The predicted octanol–water partition coefficient (Wildman–Crippen LogP) is 0.740. The first-order valence-electron chi connectivity index (χ1n) is 3.88. The maximum absolute atomic E-state index is 5.36. The van der Waals surface area contributed by atoms with Crippen LogP contribution >= 0.6 is 0 Å². The van der Waals surface area contributed by atoms with Crippen molar-refractivity contribution in [3.8, 4) is 0 Å². The molecule has 0 saturated heterocycles. The van der Waals surface area contributed by atoms with E-state index >= 15 is 0 Å². The zero-order valence-electron chi connectivity index (χ0n) is 7.25. The fourth-order valence-electron chi connectivity index (χ4n) is 0.968. The predicted molar refractivity (Wildman–Crippen MR) is 53.6 cm³/mol. The lowest BCUT2D eigenvalue weighted by Crippen LogP contribution is -2.21. The van der Waals surface area contributed by atoms with E-state index in [1.54, 1.807) is 6.20 Å². The average molecular weight is 159 g/mol. The zero-order chi connectivity index (χ0) is 8.97. The Morgan fingerprint density at radius 1 is 1.42 bits per heavy atom. The Bertz CT molecular complexity index is 388. The molecule has 0 fully saturated rings. The Balaban J connectivity index is 3.29. The van der Waals surface area contributed by atoms with Crippen LogP contribution < -0.4 is 16.2 Å². The standard InChI is InChI=1S/C11H13N/c1-9(8-12)7-11-6-4-3-5-10(11)2/h3-8H,2,12H2,1H3/b9-8-,11-7-. The van der Waals surface area contributed by atoms with Gasteiger partial charge < -0.3 is 5.73 Å². The quantitative estimate of drug-likeness (QED) is 0.642. The molecule has 0 unspecified atom stereocenters. The molecule has 0 radical (unpaired) electrons. The van der Waals surface area contributed by atoms with Crippen LogP contribution in [-0.4, -0.2) is 0 Å². The van der Waals surface area contributed by atoms with Gasteiger partial charge in [0.25, 0.3) is 0 Å². The molecule has 0 saturated carbocycles. The van der Waals surface area contributed by atoms with Crippen LogP contribution in [0, 0.1) is 0 Å². The van der Waals surface area contributed by atoms with Crippen molar-refractivity contribution in [2.75, 3.05) is 0 Å². The molecule has 0 aliphatic heterocycles. The number of hydrogen-bond donors (Lipinski definition) is 1. The summed E-state index contributed by atoms with van der Waals surface area (Å²) in [5, 5.41) is 2.15. The van der Waals surface area contributed by atoms with Crippen molar-refractivity contribution in [1.29, 1.82) is 0 Å². The zero-order valence-corrected chi connectivity index (χ0v) is 7.25. The molecule has 1 rings (SSSR count). The summed E-state index contributed by atoms with van der Waals surface area (Å²) in [4.78, 5) is 0. The lowest BCUT2D eigenvalue weighted by molar-refractivity contribution is 1.45. The Hall–Kier alpha value is -1.50. The van der Waals surface area contributed by atoms with Gasteiger partial charge in [-0.2, -0.15) is 0 Å². The number of rotatable bonds is 1. The highest BCUT2D eigenvalue weighted by Crippen LogP contribution is 1.87. The van der Waals surface area contributed by atoms with Crippen LogP contribution in [0.25, 0.3) is 12.7 Å². The summed E-state index contributed by atoms with van der Waals surface area (Å²) in [6, 6.07) is 7.97. The maximum Gasteiger partial charge on any atom is -0.00323 e. The van der Waals surface area contributed by atoms with Gasteiger partial charge in [0.2, 0.25) is 0 Å². The van der Waals surface area contributed by atoms with Crippen LogP contribution in [-0.2, 0) is 0 Å². The largest absolute Gasteiger partial charge is 0.404 e. The Kier molecular flexibility index (Phi) is 2.70. The van der Waals surface area contributed by atoms with E-state index in [-0.39, 0.29) is 0 Å². The molecule has 0 amide bonds. The van der Waals surface area contributed by atoms with E-state index < -0.39 is 0 Å². The molecule has 12 heavy (non-hydrogen) atoms. The van der Waals surface area contributed by atoms with Crippen LogP contribution in [0.4, 0.5) is 0 Å². The summed E-state index contributed by atoms with van der Waals surface area (Å²) in [7, 11) is 0. The van der Waals surface area contributed by atoms with Gasteiger partial charge in [-0.15, -0.1) is 0 Å².